The number of hydrogen-bond acceptors (Lipinski definition) is 3. The van der Waals surface area contributed by atoms with Crippen LogP contribution in [0.2, 0.25) is 0 Å². The summed E-state index contributed by atoms with van der Waals surface area (Å²) in [5.41, 5.74) is 11.3. The third-order valence-electron chi connectivity index (χ3n) is 1.62. The van der Waals surface area contributed by atoms with Crippen molar-refractivity contribution in [3.8, 4) is 0 Å². The molecule has 0 aliphatic heterocycles. The number of nitrogens with two attached hydrogens (primary N) is 2. The summed E-state index contributed by atoms with van der Waals surface area (Å²) >= 11 is 0. The van der Waals surface area contributed by atoms with Gasteiger partial charge in [-0.2, -0.15) is 0 Å². The Kier molecular flexibility index (Phi) is 2.30. The van der Waals surface area contributed by atoms with E-state index < -0.39 is 6.04 Å². The summed E-state index contributed by atoms with van der Waals surface area (Å²) in [4.78, 5) is 14.0. The molecule has 0 amide bonds. The Bertz CT molecular complexity index is 342. The summed E-state index contributed by atoms with van der Waals surface area (Å²) in [6.45, 7) is 3.49. The molecular formula is C8H11N3O. The first-order chi connectivity index (χ1) is 5.66. The summed E-state index contributed by atoms with van der Waals surface area (Å²) in [7, 11) is 0. The van der Waals surface area contributed by atoms with Crippen molar-refractivity contribution in [2.45, 2.75) is 6.04 Å². The van der Waals surface area contributed by atoms with Gasteiger partial charge in [0.1, 0.15) is 0 Å². The van der Waals surface area contributed by atoms with E-state index in [2.05, 4.69) is 11.6 Å². The van der Waals surface area contributed by atoms with Crippen molar-refractivity contribution in [1.82, 2.24) is 4.98 Å². The molecule has 0 bridgehead atoms. The van der Waals surface area contributed by atoms with Gasteiger partial charge in [-0.3, -0.25) is 4.79 Å². The molecule has 1 rings (SSSR count). The minimum Gasteiger partial charge on any atom is -0.394 e. The minimum atomic E-state index is -0.461. The number of nitrogen functional groups attached to an aromatic ring is 1. The number of rotatable bonds is 2. The summed E-state index contributed by atoms with van der Waals surface area (Å²) in [5.74, 6) is 0. The minimum absolute atomic E-state index is 0.171. The Morgan fingerprint density at radius 1 is 1.58 bits per heavy atom. The molecule has 1 aromatic rings. The van der Waals surface area contributed by atoms with E-state index in [0.717, 1.165) is 0 Å². The van der Waals surface area contributed by atoms with Crippen molar-refractivity contribution in [1.29, 1.82) is 0 Å². The Balaban J connectivity index is 3.25. The second-order valence-corrected chi connectivity index (χ2v) is 2.46. The molecule has 0 spiro atoms. The molecule has 0 fully saturated rings. The maximum absolute atomic E-state index is 11.3. The second-order valence-electron chi connectivity index (χ2n) is 2.46. The molecule has 0 aliphatic rings. The zero-order chi connectivity index (χ0) is 9.14. The van der Waals surface area contributed by atoms with Crippen molar-refractivity contribution in [3.63, 3.8) is 0 Å². The topological polar surface area (TPSA) is 84.9 Å². The van der Waals surface area contributed by atoms with Crippen LogP contribution in [0.5, 0.6) is 0 Å². The zero-order valence-electron chi connectivity index (χ0n) is 6.58. The van der Waals surface area contributed by atoms with Gasteiger partial charge in [-0.1, -0.05) is 6.08 Å². The molecule has 0 radical (unpaired) electrons. The SMILES string of the molecule is C=C[C@@H](N)c1c[nH]cc(N)c1=O. The fourth-order valence-electron chi connectivity index (χ4n) is 0.894. The molecule has 4 nitrogen and oxygen atoms in total. The van der Waals surface area contributed by atoms with Crippen molar-refractivity contribution < 1.29 is 0 Å². The molecule has 0 aliphatic carbocycles. The van der Waals surface area contributed by atoms with Crippen LogP contribution in [0.15, 0.2) is 29.8 Å². The lowest BCUT2D eigenvalue weighted by Crippen LogP contribution is -2.20. The predicted octanol–water partition coefficient (Wildman–Crippen LogP) is 0.143. The monoisotopic (exact) mass is 165 g/mol. The van der Waals surface area contributed by atoms with Crippen LogP contribution in [-0.2, 0) is 0 Å². The van der Waals surface area contributed by atoms with E-state index in [-0.39, 0.29) is 11.1 Å². The van der Waals surface area contributed by atoms with Gasteiger partial charge >= 0.3 is 0 Å². The number of pyridine rings is 1. The highest BCUT2D eigenvalue weighted by Crippen LogP contribution is 2.05. The third kappa shape index (κ3) is 1.38. The van der Waals surface area contributed by atoms with Crippen LogP contribution in [0, 0.1) is 0 Å². The first-order valence-corrected chi connectivity index (χ1v) is 3.51. The van der Waals surface area contributed by atoms with Gasteiger partial charge in [0.2, 0.25) is 5.43 Å². The number of aromatic nitrogens is 1. The highest BCUT2D eigenvalue weighted by atomic mass is 16.1. The normalized spacial score (nSPS) is 12.4. The molecule has 0 unspecified atom stereocenters. The van der Waals surface area contributed by atoms with Gasteiger partial charge in [0.05, 0.1) is 11.7 Å². The lowest BCUT2D eigenvalue weighted by Gasteiger charge is -2.04. The average molecular weight is 165 g/mol. The van der Waals surface area contributed by atoms with Gasteiger partial charge in [-0.05, 0) is 0 Å². The number of H-pyrrole nitrogens is 1. The highest BCUT2D eigenvalue weighted by molar-refractivity contribution is 5.38. The lowest BCUT2D eigenvalue weighted by molar-refractivity contribution is 0.894. The fraction of sp³-hybridized carbons (Fsp3) is 0.125. The molecule has 0 aromatic carbocycles. The Morgan fingerprint density at radius 2 is 2.25 bits per heavy atom. The molecule has 1 heterocycles. The second kappa shape index (κ2) is 3.23. The van der Waals surface area contributed by atoms with Gasteiger partial charge in [-0.25, -0.2) is 0 Å². The summed E-state index contributed by atoms with van der Waals surface area (Å²) in [5, 5.41) is 0. The van der Waals surface area contributed by atoms with Crippen LogP contribution in [0.4, 0.5) is 5.69 Å². The smallest absolute Gasteiger partial charge is 0.209 e. The van der Waals surface area contributed by atoms with E-state index in [1.165, 1.54) is 18.5 Å². The molecule has 0 saturated carbocycles. The van der Waals surface area contributed by atoms with Gasteiger partial charge in [0, 0.05) is 18.0 Å². The Hall–Kier alpha value is -1.55. The molecular weight excluding hydrogens is 154 g/mol. The molecule has 1 aromatic heterocycles. The van der Waals surface area contributed by atoms with Crippen molar-refractivity contribution in [2.24, 2.45) is 5.73 Å². The van der Waals surface area contributed by atoms with E-state index in [1.807, 2.05) is 0 Å². The third-order valence-corrected chi connectivity index (χ3v) is 1.62. The molecule has 12 heavy (non-hydrogen) atoms. The van der Waals surface area contributed by atoms with Gasteiger partial charge in [-0.15, -0.1) is 6.58 Å². The molecule has 5 N–H and O–H groups in total. The Morgan fingerprint density at radius 3 is 2.83 bits per heavy atom. The van der Waals surface area contributed by atoms with Crippen molar-refractivity contribution >= 4 is 5.69 Å². The van der Waals surface area contributed by atoms with Crippen LogP contribution < -0.4 is 16.9 Å². The largest absolute Gasteiger partial charge is 0.394 e. The lowest BCUT2D eigenvalue weighted by atomic mass is 10.1. The van der Waals surface area contributed by atoms with E-state index in [0.29, 0.717) is 5.56 Å². The first kappa shape index (κ1) is 8.55. The summed E-state index contributed by atoms with van der Waals surface area (Å²) < 4.78 is 0. The van der Waals surface area contributed by atoms with Crippen LogP contribution in [0.1, 0.15) is 11.6 Å². The van der Waals surface area contributed by atoms with Crippen LogP contribution in [-0.4, -0.2) is 4.98 Å². The average Bonchev–Trinajstić information content (AvgIpc) is 2.08. The predicted molar refractivity (Wildman–Crippen MR) is 48.6 cm³/mol. The number of aromatic amines is 1. The van der Waals surface area contributed by atoms with Gasteiger partial charge < -0.3 is 16.5 Å². The van der Waals surface area contributed by atoms with E-state index in [4.69, 9.17) is 11.5 Å². The summed E-state index contributed by atoms with van der Waals surface area (Å²) in [6.07, 6.45) is 4.46. The van der Waals surface area contributed by atoms with Crippen LogP contribution >= 0.6 is 0 Å². The zero-order valence-corrected chi connectivity index (χ0v) is 6.58. The van der Waals surface area contributed by atoms with Gasteiger partial charge in [0.15, 0.2) is 0 Å². The highest BCUT2D eigenvalue weighted by Gasteiger charge is 2.07. The van der Waals surface area contributed by atoms with Crippen LogP contribution in [0.3, 0.4) is 0 Å². The summed E-state index contributed by atoms with van der Waals surface area (Å²) in [6, 6.07) is -0.461. The molecule has 4 heteroatoms. The fourth-order valence-corrected chi connectivity index (χ4v) is 0.894. The van der Waals surface area contributed by atoms with Gasteiger partial charge in [0.25, 0.3) is 0 Å². The number of hydrogen-bond donors (Lipinski definition) is 3. The first-order valence-electron chi connectivity index (χ1n) is 3.51. The van der Waals surface area contributed by atoms with E-state index >= 15 is 0 Å². The number of nitrogens with one attached hydrogen (secondary N) is 1. The van der Waals surface area contributed by atoms with E-state index in [9.17, 15) is 4.79 Å². The molecule has 1 atom stereocenters. The maximum atomic E-state index is 11.3. The molecule has 64 valence electrons. The Labute approximate surface area is 69.9 Å². The molecule has 0 saturated heterocycles. The van der Waals surface area contributed by atoms with Crippen LogP contribution in [0.25, 0.3) is 0 Å². The number of anilines is 1. The maximum Gasteiger partial charge on any atom is 0.209 e. The standard InChI is InChI=1S/C8H11N3O/c1-2-6(9)5-3-11-4-7(10)8(5)12/h2-4,6H,1,9-10H2,(H,11,12)/t6-/m1/s1. The van der Waals surface area contributed by atoms with Crippen molar-refractivity contribution in [3.05, 3.63) is 40.8 Å². The quantitative estimate of drug-likeness (QED) is 0.545. The van der Waals surface area contributed by atoms with E-state index in [1.54, 1.807) is 0 Å². The van der Waals surface area contributed by atoms with Crippen molar-refractivity contribution in [2.75, 3.05) is 5.73 Å².